The Morgan fingerprint density at radius 3 is 1.58 bits per heavy atom. The molecule has 238 valence electrons. The number of benzene rings is 9. The maximum Gasteiger partial charge on any atom is 0.189 e. The fraction of sp³-hybridized carbons (Fsp3) is 0. The quantitative estimate of drug-likeness (QED) is 0.1000. The molecular weight excluding hydrogens is 635 g/mol. The summed E-state index contributed by atoms with van der Waals surface area (Å²) in [5, 5.41) is 11.4. The van der Waals surface area contributed by atoms with Crippen LogP contribution in [0, 0.1) is 6.57 Å². The van der Waals surface area contributed by atoms with Crippen LogP contribution in [0.1, 0.15) is 0 Å². The Bertz CT molecular complexity index is 3440. The Morgan fingerprint density at radius 1 is 0.404 bits per heavy atom. The topological polar surface area (TPSA) is 38.3 Å². The molecule has 0 unspecified atom stereocenters. The second kappa shape index (κ2) is 9.91. The number of hydrogen-bond donors (Lipinski definition) is 0. The predicted octanol–water partition coefficient (Wildman–Crippen LogP) is 12.8. The van der Waals surface area contributed by atoms with Crippen LogP contribution < -0.4 is 4.90 Å². The molecule has 0 saturated carbocycles. The van der Waals surface area contributed by atoms with E-state index in [-0.39, 0.29) is 0 Å². The van der Waals surface area contributed by atoms with E-state index in [4.69, 9.17) is 16.5 Å². The van der Waals surface area contributed by atoms with Crippen LogP contribution in [0.2, 0.25) is 0 Å². The van der Waals surface area contributed by atoms with Crippen LogP contribution >= 0.6 is 0 Å². The van der Waals surface area contributed by atoms with Gasteiger partial charge in [0.2, 0.25) is 0 Å². The van der Waals surface area contributed by atoms with Crippen molar-refractivity contribution in [2.75, 3.05) is 4.90 Å². The van der Waals surface area contributed by atoms with Gasteiger partial charge in [-0.3, -0.25) is 0 Å². The van der Waals surface area contributed by atoms with E-state index in [1.54, 1.807) is 0 Å². The SMILES string of the molecule is [C-]#[N+]c1ccc2c(c1)N(c1ccc3c(c1)c1ccccc1c1nc4c5ccccc5c5ccccc5c4nc31)c1cccc3c4ccccc4n-2c13. The van der Waals surface area contributed by atoms with Gasteiger partial charge in [0.1, 0.15) is 0 Å². The van der Waals surface area contributed by atoms with Crippen molar-refractivity contribution in [2.45, 2.75) is 0 Å². The number of fused-ring (bicyclic) bond motifs is 17. The largest absolute Gasteiger partial charge is 0.308 e. The average Bonchev–Trinajstić information content (AvgIpc) is 3.56. The highest BCUT2D eigenvalue weighted by atomic mass is 15.2. The minimum Gasteiger partial charge on any atom is -0.308 e. The molecule has 0 spiro atoms. The zero-order valence-electron chi connectivity index (χ0n) is 27.7. The van der Waals surface area contributed by atoms with Crippen LogP contribution in [0.4, 0.5) is 22.7 Å². The normalized spacial score (nSPS) is 12.6. The molecule has 0 aliphatic carbocycles. The summed E-state index contributed by atoms with van der Waals surface area (Å²) in [5.41, 5.74) is 10.7. The van der Waals surface area contributed by atoms with Crippen LogP contribution in [0.3, 0.4) is 0 Å². The third-order valence-corrected chi connectivity index (χ3v) is 11.0. The van der Waals surface area contributed by atoms with Gasteiger partial charge in [0.05, 0.1) is 56.7 Å². The number of aromatic nitrogens is 3. The Hall–Kier alpha value is -7.29. The number of hydrogen-bond acceptors (Lipinski definition) is 3. The monoisotopic (exact) mass is 659 g/mol. The highest BCUT2D eigenvalue weighted by molar-refractivity contribution is 6.29. The summed E-state index contributed by atoms with van der Waals surface area (Å²) in [5.74, 6) is 0. The van der Waals surface area contributed by atoms with Crippen LogP contribution in [-0.2, 0) is 0 Å². The van der Waals surface area contributed by atoms with E-state index >= 15 is 0 Å². The van der Waals surface area contributed by atoms with E-state index in [1.807, 2.05) is 12.1 Å². The molecule has 0 amide bonds. The van der Waals surface area contributed by atoms with E-state index in [2.05, 4.69) is 154 Å². The fourth-order valence-electron chi connectivity index (χ4n) is 8.85. The molecule has 1 aliphatic rings. The second-order valence-corrected chi connectivity index (χ2v) is 13.6. The van der Waals surface area contributed by atoms with Crippen LogP contribution in [-0.4, -0.2) is 14.5 Å². The molecule has 0 atom stereocenters. The van der Waals surface area contributed by atoms with Gasteiger partial charge in [-0.05, 0) is 57.9 Å². The van der Waals surface area contributed by atoms with Gasteiger partial charge < -0.3 is 9.47 Å². The van der Waals surface area contributed by atoms with E-state index in [1.165, 1.54) is 21.5 Å². The van der Waals surface area contributed by atoms with Crippen molar-refractivity contribution < 1.29 is 0 Å². The molecule has 0 bridgehead atoms. The van der Waals surface area contributed by atoms with Crippen LogP contribution in [0.25, 0.3) is 97.5 Å². The van der Waals surface area contributed by atoms with E-state index in [9.17, 15) is 0 Å². The Balaban J connectivity index is 1.20. The maximum atomic E-state index is 7.91. The van der Waals surface area contributed by atoms with Crippen molar-refractivity contribution >= 4 is 110 Å². The molecule has 5 nitrogen and oxygen atoms in total. The van der Waals surface area contributed by atoms with Crippen molar-refractivity contribution in [1.82, 2.24) is 14.5 Å². The third kappa shape index (κ3) is 3.45. The van der Waals surface area contributed by atoms with E-state index in [0.29, 0.717) is 5.69 Å². The molecular formula is C47H25N5. The summed E-state index contributed by atoms with van der Waals surface area (Å²) in [4.78, 5) is 17.2. The first-order chi connectivity index (χ1) is 25.8. The second-order valence-electron chi connectivity index (χ2n) is 13.6. The van der Waals surface area contributed by atoms with Crippen molar-refractivity contribution in [1.29, 1.82) is 0 Å². The predicted molar refractivity (Wildman–Crippen MR) is 216 cm³/mol. The molecule has 5 heteroatoms. The smallest absolute Gasteiger partial charge is 0.189 e. The zero-order valence-corrected chi connectivity index (χ0v) is 27.7. The Labute approximate surface area is 297 Å². The molecule has 52 heavy (non-hydrogen) atoms. The highest BCUT2D eigenvalue weighted by Crippen LogP contribution is 2.51. The molecule has 12 rings (SSSR count). The number of anilines is 3. The molecule has 3 heterocycles. The highest BCUT2D eigenvalue weighted by Gasteiger charge is 2.29. The van der Waals surface area contributed by atoms with E-state index < -0.39 is 0 Å². The molecule has 2 aromatic heterocycles. The summed E-state index contributed by atoms with van der Waals surface area (Å²) in [7, 11) is 0. The first kappa shape index (κ1) is 27.5. The lowest BCUT2D eigenvalue weighted by Crippen LogP contribution is -2.18. The molecule has 0 radical (unpaired) electrons. The molecule has 0 saturated heterocycles. The van der Waals surface area contributed by atoms with Gasteiger partial charge >= 0.3 is 0 Å². The van der Waals surface area contributed by atoms with E-state index in [0.717, 1.165) is 88.2 Å². The van der Waals surface area contributed by atoms with Crippen molar-refractivity contribution in [3.63, 3.8) is 0 Å². The summed E-state index contributed by atoms with van der Waals surface area (Å²) >= 11 is 0. The average molecular weight is 660 g/mol. The van der Waals surface area contributed by atoms with Crippen molar-refractivity contribution in [3.05, 3.63) is 163 Å². The molecule has 0 N–H and O–H groups in total. The number of rotatable bonds is 1. The molecule has 9 aromatic carbocycles. The van der Waals surface area contributed by atoms with Crippen molar-refractivity contribution in [3.8, 4) is 5.69 Å². The van der Waals surface area contributed by atoms with Crippen molar-refractivity contribution in [2.24, 2.45) is 0 Å². The Morgan fingerprint density at radius 2 is 0.942 bits per heavy atom. The number of para-hydroxylation sites is 2. The summed E-state index contributed by atoms with van der Waals surface area (Å²) < 4.78 is 2.36. The minimum absolute atomic E-state index is 0.606. The first-order valence-electron chi connectivity index (χ1n) is 17.5. The van der Waals surface area contributed by atoms with Crippen LogP contribution in [0.5, 0.6) is 0 Å². The lowest BCUT2D eigenvalue weighted by Gasteiger charge is -2.33. The van der Waals surface area contributed by atoms with Crippen LogP contribution in [0.15, 0.2) is 152 Å². The van der Waals surface area contributed by atoms with Gasteiger partial charge in [0, 0.05) is 38.0 Å². The summed E-state index contributed by atoms with van der Waals surface area (Å²) in [6, 6.07) is 53.5. The van der Waals surface area contributed by atoms with Gasteiger partial charge in [-0.25, -0.2) is 14.8 Å². The summed E-state index contributed by atoms with van der Waals surface area (Å²) in [6.45, 7) is 7.91. The fourth-order valence-corrected chi connectivity index (χ4v) is 8.85. The maximum absolute atomic E-state index is 7.91. The van der Waals surface area contributed by atoms with Gasteiger partial charge in [0.15, 0.2) is 5.69 Å². The van der Waals surface area contributed by atoms with Gasteiger partial charge in [-0.1, -0.05) is 115 Å². The van der Waals surface area contributed by atoms with Gasteiger partial charge in [-0.2, -0.15) is 0 Å². The standard InChI is InChI=1S/C47H25N5/c1-48-27-21-24-40-42(25-27)51(41-20-10-18-37-32-14-8-9-19-39(32)52(40)47(37)41)28-22-23-36-38(26-28)31-13-4-7-17-35(31)45-46(36)50-44-34-16-6-3-12-30(34)29-11-2-5-15-33(29)43(44)49-45/h2-26H. The number of nitrogens with zero attached hydrogens (tertiary/aromatic N) is 5. The molecule has 0 fully saturated rings. The van der Waals surface area contributed by atoms with Gasteiger partial charge in [0.25, 0.3) is 0 Å². The third-order valence-electron chi connectivity index (χ3n) is 11.0. The zero-order chi connectivity index (χ0) is 34.1. The van der Waals surface area contributed by atoms with Gasteiger partial charge in [-0.15, -0.1) is 0 Å². The first-order valence-corrected chi connectivity index (χ1v) is 17.5. The molecule has 1 aliphatic heterocycles. The summed E-state index contributed by atoms with van der Waals surface area (Å²) in [6.07, 6.45) is 0. The lowest BCUT2D eigenvalue weighted by atomic mass is 9.96. The molecule has 11 aromatic rings. The lowest BCUT2D eigenvalue weighted by molar-refractivity contribution is 1.11. The Kier molecular flexibility index (Phi) is 5.24. The minimum atomic E-state index is 0.606.